The highest BCUT2D eigenvalue weighted by Crippen LogP contribution is 2.33. The Kier molecular flexibility index (Phi) is 8.72. The first-order valence-corrected chi connectivity index (χ1v) is 7.58. The van der Waals surface area contributed by atoms with E-state index in [0.717, 1.165) is 18.4 Å². The van der Waals surface area contributed by atoms with Crippen LogP contribution in [0, 0.1) is 11.8 Å². The minimum absolute atomic E-state index is 0.918. The SMILES string of the molecule is CCCNCC(CCCCOC)C1CCCC1. The Labute approximate surface area is 108 Å². The molecule has 2 heteroatoms. The van der Waals surface area contributed by atoms with E-state index in [4.69, 9.17) is 4.74 Å². The first-order valence-electron chi connectivity index (χ1n) is 7.58. The van der Waals surface area contributed by atoms with E-state index in [0.29, 0.717) is 0 Å². The number of methoxy groups -OCH3 is 1. The Hall–Kier alpha value is -0.0800. The van der Waals surface area contributed by atoms with Crippen LogP contribution in [-0.2, 0) is 4.74 Å². The Morgan fingerprint density at radius 1 is 1.24 bits per heavy atom. The average molecular weight is 241 g/mol. The summed E-state index contributed by atoms with van der Waals surface area (Å²) in [6, 6.07) is 0. The molecule has 1 atom stereocenters. The quantitative estimate of drug-likeness (QED) is 0.590. The molecule has 1 fully saturated rings. The molecule has 17 heavy (non-hydrogen) atoms. The molecule has 1 saturated carbocycles. The van der Waals surface area contributed by atoms with Crippen molar-refractivity contribution >= 4 is 0 Å². The van der Waals surface area contributed by atoms with Crippen molar-refractivity contribution in [1.29, 1.82) is 0 Å². The molecule has 0 spiro atoms. The summed E-state index contributed by atoms with van der Waals surface area (Å²) in [5.41, 5.74) is 0. The molecule has 0 aromatic rings. The lowest BCUT2D eigenvalue weighted by Gasteiger charge is -2.24. The number of hydrogen-bond donors (Lipinski definition) is 1. The summed E-state index contributed by atoms with van der Waals surface area (Å²) < 4.78 is 5.13. The van der Waals surface area contributed by atoms with Crippen molar-refractivity contribution in [3.05, 3.63) is 0 Å². The summed E-state index contributed by atoms with van der Waals surface area (Å²) in [7, 11) is 1.80. The van der Waals surface area contributed by atoms with Crippen LogP contribution in [0.15, 0.2) is 0 Å². The van der Waals surface area contributed by atoms with E-state index >= 15 is 0 Å². The Balaban J connectivity index is 2.20. The maximum absolute atomic E-state index is 5.13. The Morgan fingerprint density at radius 2 is 2.00 bits per heavy atom. The Morgan fingerprint density at radius 3 is 2.65 bits per heavy atom. The molecule has 0 amide bonds. The fourth-order valence-corrected chi connectivity index (χ4v) is 3.05. The van der Waals surface area contributed by atoms with Crippen LogP contribution in [0.5, 0.6) is 0 Å². The monoisotopic (exact) mass is 241 g/mol. The summed E-state index contributed by atoms with van der Waals surface area (Å²) >= 11 is 0. The number of hydrogen-bond acceptors (Lipinski definition) is 2. The second-order valence-corrected chi connectivity index (χ2v) is 5.50. The smallest absolute Gasteiger partial charge is 0.0462 e. The predicted octanol–water partition coefficient (Wildman–Crippen LogP) is 3.61. The van der Waals surface area contributed by atoms with Gasteiger partial charge in [-0.2, -0.15) is 0 Å². The number of ether oxygens (including phenoxy) is 1. The van der Waals surface area contributed by atoms with Crippen LogP contribution in [0.2, 0.25) is 0 Å². The number of nitrogens with one attached hydrogen (secondary N) is 1. The maximum atomic E-state index is 5.13. The first-order chi connectivity index (χ1) is 8.38. The van der Waals surface area contributed by atoms with Gasteiger partial charge in [-0.05, 0) is 44.2 Å². The van der Waals surface area contributed by atoms with Crippen LogP contribution >= 0.6 is 0 Å². The third-order valence-corrected chi connectivity index (χ3v) is 4.07. The van der Waals surface area contributed by atoms with Crippen LogP contribution < -0.4 is 5.32 Å². The van der Waals surface area contributed by atoms with Gasteiger partial charge in [-0.25, -0.2) is 0 Å². The molecule has 0 aliphatic heterocycles. The van der Waals surface area contributed by atoms with Gasteiger partial charge in [0, 0.05) is 13.7 Å². The van der Waals surface area contributed by atoms with Crippen LogP contribution in [0.3, 0.4) is 0 Å². The van der Waals surface area contributed by atoms with Crippen LogP contribution in [-0.4, -0.2) is 26.8 Å². The van der Waals surface area contributed by atoms with Gasteiger partial charge >= 0.3 is 0 Å². The van der Waals surface area contributed by atoms with Gasteiger partial charge in [0.15, 0.2) is 0 Å². The summed E-state index contributed by atoms with van der Waals surface area (Å²) in [5.74, 6) is 1.92. The van der Waals surface area contributed by atoms with Gasteiger partial charge in [0.25, 0.3) is 0 Å². The van der Waals surface area contributed by atoms with Crippen molar-refractivity contribution in [3.8, 4) is 0 Å². The molecule has 1 rings (SSSR count). The zero-order valence-electron chi connectivity index (χ0n) is 11.8. The topological polar surface area (TPSA) is 21.3 Å². The molecule has 0 saturated heterocycles. The molecule has 0 aromatic carbocycles. The molecule has 0 heterocycles. The molecule has 1 aliphatic carbocycles. The van der Waals surface area contributed by atoms with Crippen molar-refractivity contribution in [2.75, 3.05) is 26.8 Å². The summed E-state index contributed by atoms with van der Waals surface area (Å²) in [6.45, 7) is 5.60. The minimum Gasteiger partial charge on any atom is -0.385 e. The average Bonchev–Trinajstić information content (AvgIpc) is 2.86. The van der Waals surface area contributed by atoms with Crippen molar-refractivity contribution in [2.24, 2.45) is 11.8 Å². The van der Waals surface area contributed by atoms with E-state index in [9.17, 15) is 0 Å². The van der Waals surface area contributed by atoms with Gasteiger partial charge in [0.1, 0.15) is 0 Å². The highest BCUT2D eigenvalue weighted by atomic mass is 16.5. The van der Waals surface area contributed by atoms with Gasteiger partial charge in [0.2, 0.25) is 0 Å². The highest BCUT2D eigenvalue weighted by Gasteiger charge is 2.24. The Bertz CT molecular complexity index is 166. The van der Waals surface area contributed by atoms with E-state index in [1.807, 2.05) is 0 Å². The number of rotatable bonds is 10. The molecule has 1 unspecified atom stereocenters. The standard InChI is InChI=1S/C15H31NO/c1-3-11-16-13-15(10-6-7-12-17-2)14-8-4-5-9-14/h14-16H,3-13H2,1-2H3. The molecule has 1 aliphatic rings. The summed E-state index contributed by atoms with van der Waals surface area (Å²) in [5, 5.41) is 3.62. The third-order valence-electron chi connectivity index (χ3n) is 4.07. The van der Waals surface area contributed by atoms with Crippen molar-refractivity contribution in [1.82, 2.24) is 5.32 Å². The second kappa shape index (κ2) is 9.90. The lowest BCUT2D eigenvalue weighted by molar-refractivity contribution is 0.186. The molecule has 102 valence electrons. The van der Waals surface area contributed by atoms with Gasteiger partial charge in [0.05, 0.1) is 0 Å². The molecule has 1 N–H and O–H groups in total. The fraction of sp³-hybridized carbons (Fsp3) is 1.00. The van der Waals surface area contributed by atoms with Crippen LogP contribution in [0.25, 0.3) is 0 Å². The zero-order chi connectivity index (χ0) is 12.3. The van der Waals surface area contributed by atoms with Gasteiger partial charge in [-0.3, -0.25) is 0 Å². The normalized spacial score (nSPS) is 18.7. The molecular formula is C15H31NO. The van der Waals surface area contributed by atoms with E-state index in [2.05, 4.69) is 12.2 Å². The van der Waals surface area contributed by atoms with E-state index in [1.165, 1.54) is 64.5 Å². The largest absolute Gasteiger partial charge is 0.385 e. The first kappa shape index (κ1) is 15.0. The van der Waals surface area contributed by atoms with Gasteiger partial charge in [-0.15, -0.1) is 0 Å². The molecule has 0 radical (unpaired) electrons. The molecule has 0 aromatic heterocycles. The molecule has 0 bridgehead atoms. The third kappa shape index (κ3) is 6.42. The fourth-order valence-electron chi connectivity index (χ4n) is 3.05. The van der Waals surface area contributed by atoms with E-state index < -0.39 is 0 Å². The summed E-state index contributed by atoms with van der Waals surface area (Å²) in [4.78, 5) is 0. The highest BCUT2D eigenvalue weighted by molar-refractivity contribution is 4.77. The summed E-state index contributed by atoms with van der Waals surface area (Å²) in [6.07, 6.45) is 11.1. The van der Waals surface area contributed by atoms with Gasteiger partial charge in [-0.1, -0.05) is 39.0 Å². The maximum Gasteiger partial charge on any atom is 0.0462 e. The molecule has 2 nitrogen and oxygen atoms in total. The lowest BCUT2D eigenvalue weighted by Crippen LogP contribution is -2.28. The molecular weight excluding hydrogens is 210 g/mol. The van der Waals surface area contributed by atoms with Crippen LogP contribution in [0.1, 0.15) is 58.3 Å². The lowest BCUT2D eigenvalue weighted by atomic mass is 9.86. The van der Waals surface area contributed by atoms with Crippen molar-refractivity contribution < 1.29 is 4.74 Å². The van der Waals surface area contributed by atoms with Gasteiger partial charge < -0.3 is 10.1 Å². The minimum atomic E-state index is 0.918. The van der Waals surface area contributed by atoms with Crippen molar-refractivity contribution in [2.45, 2.75) is 58.3 Å². The van der Waals surface area contributed by atoms with Crippen LogP contribution in [0.4, 0.5) is 0 Å². The number of unbranched alkanes of at least 4 members (excludes halogenated alkanes) is 1. The van der Waals surface area contributed by atoms with Crippen molar-refractivity contribution in [3.63, 3.8) is 0 Å². The van der Waals surface area contributed by atoms with E-state index in [-0.39, 0.29) is 0 Å². The predicted molar refractivity (Wildman–Crippen MR) is 74.3 cm³/mol. The second-order valence-electron chi connectivity index (χ2n) is 5.50. The van der Waals surface area contributed by atoms with E-state index in [1.54, 1.807) is 7.11 Å². The zero-order valence-corrected chi connectivity index (χ0v) is 11.8.